The Morgan fingerprint density at radius 1 is 0.479 bits per heavy atom. The SMILES string of the molecule is N#CC(C#N)=C1C(c2ccc(C(F)(F)F)c(F)c2)=C(C#N)c2cc3c(cc21)C(C#N)=C(c1ccc(C(F)(F)F)c(F)c1)C3=C(C#N)C#N. The minimum atomic E-state index is -5.08. The van der Waals surface area contributed by atoms with Gasteiger partial charge in [0, 0.05) is 33.4 Å². The molecule has 6 nitrogen and oxygen atoms in total. The van der Waals surface area contributed by atoms with Gasteiger partial charge in [0.2, 0.25) is 0 Å². The van der Waals surface area contributed by atoms with Gasteiger partial charge in [-0.05, 0) is 58.7 Å². The Balaban J connectivity index is 1.88. The maximum atomic E-state index is 14.7. The van der Waals surface area contributed by atoms with Crippen LogP contribution in [0, 0.1) is 79.6 Å². The maximum Gasteiger partial charge on any atom is 0.419 e. The lowest BCUT2D eigenvalue weighted by Gasteiger charge is -2.12. The molecular formula is C34H8F8N6. The van der Waals surface area contributed by atoms with Crippen molar-refractivity contribution in [1.82, 2.24) is 0 Å². The highest BCUT2D eigenvalue weighted by Crippen LogP contribution is 2.54. The van der Waals surface area contributed by atoms with Gasteiger partial charge in [-0.25, -0.2) is 8.78 Å². The van der Waals surface area contributed by atoms with Gasteiger partial charge >= 0.3 is 12.4 Å². The fourth-order valence-electron chi connectivity index (χ4n) is 5.62. The van der Waals surface area contributed by atoms with Gasteiger partial charge in [-0.1, -0.05) is 12.1 Å². The molecule has 0 aromatic heterocycles. The zero-order valence-electron chi connectivity index (χ0n) is 23.3. The van der Waals surface area contributed by atoms with Crippen molar-refractivity contribution in [3.8, 4) is 36.4 Å². The number of fused-ring (bicyclic) bond motifs is 2. The third-order valence-electron chi connectivity index (χ3n) is 7.53. The molecule has 0 heterocycles. The number of nitrogens with zero attached hydrogens (tertiary/aromatic N) is 6. The Kier molecular flexibility index (Phi) is 7.71. The van der Waals surface area contributed by atoms with Gasteiger partial charge in [-0.15, -0.1) is 0 Å². The number of alkyl halides is 6. The van der Waals surface area contributed by atoms with Gasteiger partial charge in [0.15, 0.2) is 0 Å². The summed E-state index contributed by atoms with van der Waals surface area (Å²) < 4.78 is 109. The largest absolute Gasteiger partial charge is 0.419 e. The van der Waals surface area contributed by atoms with Crippen molar-refractivity contribution >= 4 is 33.4 Å². The number of benzene rings is 3. The average molecular weight is 652 g/mol. The van der Waals surface area contributed by atoms with Gasteiger partial charge in [-0.2, -0.15) is 57.9 Å². The predicted molar refractivity (Wildman–Crippen MR) is 150 cm³/mol. The van der Waals surface area contributed by atoms with Crippen LogP contribution < -0.4 is 0 Å². The van der Waals surface area contributed by atoms with Crippen LogP contribution in [-0.2, 0) is 12.4 Å². The molecule has 0 amide bonds. The van der Waals surface area contributed by atoms with E-state index in [9.17, 15) is 66.7 Å². The molecule has 0 N–H and O–H groups in total. The summed E-state index contributed by atoms with van der Waals surface area (Å²) in [5.41, 5.74) is -7.59. The zero-order chi connectivity index (χ0) is 35.3. The van der Waals surface area contributed by atoms with Gasteiger partial charge < -0.3 is 0 Å². The van der Waals surface area contributed by atoms with E-state index in [4.69, 9.17) is 0 Å². The van der Waals surface area contributed by atoms with E-state index in [0.717, 1.165) is 12.1 Å². The van der Waals surface area contributed by atoms with Crippen LogP contribution in [0.2, 0.25) is 0 Å². The molecule has 3 aromatic carbocycles. The Bertz CT molecular complexity index is 2200. The summed E-state index contributed by atoms with van der Waals surface area (Å²) >= 11 is 0. The van der Waals surface area contributed by atoms with Gasteiger partial charge in [-0.3, -0.25) is 0 Å². The highest BCUT2D eigenvalue weighted by atomic mass is 19.4. The molecule has 5 rings (SSSR count). The van der Waals surface area contributed by atoms with Crippen LogP contribution in [0.3, 0.4) is 0 Å². The number of halogens is 8. The van der Waals surface area contributed by atoms with Crippen LogP contribution >= 0.6 is 0 Å². The van der Waals surface area contributed by atoms with Crippen LogP contribution in [0.4, 0.5) is 35.1 Å². The number of rotatable bonds is 2. The summed E-state index contributed by atoms with van der Waals surface area (Å²) in [6, 6.07) is 15.9. The van der Waals surface area contributed by atoms with Crippen molar-refractivity contribution in [3.63, 3.8) is 0 Å². The van der Waals surface area contributed by atoms with E-state index in [1.54, 1.807) is 24.3 Å². The Hall–Kier alpha value is -7.00. The van der Waals surface area contributed by atoms with Gasteiger partial charge in [0.05, 0.1) is 22.3 Å². The first kappa shape index (κ1) is 32.4. The quantitative estimate of drug-likeness (QED) is 0.201. The summed E-state index contributed by atoms with van der Waals surface area (Å²) in [6.07, 6.45) is -10.2. The molecule has 0 fully saturated rings. The van der Waals surface area contributed by atoms with Crippen LogP contribution in [0.5, 0.6) is 0 Å². The molecule has 0 bridgehead atoms. The minimum Gasteiger partial charge on any atom is -0.206 e. The zero-order valence-corrected chi connectivity index (χ0v) is 23.3. The van der Waals surface area contributed by atoms with Gasteiger partial charge in [0.1, 0.15) is 59.2 Å². The molecule has 0 saturated heterocycles. The second-order valence-corrected chi connectivity index (χ2v) is 10.00. The summed E-state index contributed by atoms with van der Waals surface area (Å²) in [4.78, 5) is 0. The highest BCUT2D eigenvalue weighted by molar-refractivity contribution is 6.29. The Morgan fingerprint density at radius 2 is 0.812 bits per heavy atom. The number of allylic oxidation sites excluding steroid dienone is 8. The molecule has 0 saturated carbocycles. The Morgan fingerprint density at radius 3 is 1.06 bits per heavy atom. The molecule has 230 valence electrons. The van der Waals surface area contributed by atoms with E-state index in [0.29, 0.717) is 24.3 Å². The minimum absolute atomic E-state index is 0.0962. The third kappa shape index (κ3) is 4.92. The van der Waals surface area contributed by atoms with E-state index < -0.39 is 46.3 Å². The van der Waals surface area contributed by atoms with Crippen LogP contribution in [0.15, 0.2) is 59.7 Å². The third-order valence-corrected chi connectivity index (χ3v) is 7.53. The summed E-state index contributed by atoms with van der Waals surface area (Å²) in [5.74, 6) is -3.45. The summed E-state index contributed by atoms with van der Waals surface area (Å²) in [5, 5.41) is 59.6. The second-order valence-electron chi connectivity index (χ2n) is 10.00. The molecule has 0 radical (unpaired) electrons. The number of hydrogen-bond donors (Lipinski definition) is 0. The standard InChI is InChI=1S/C34H8F8N6/c35-27-5-15(1-3-25(27)33(37,38)39)29-23(13-47)19-7-22-20(8-21(19)31(29)17(9-43)10-44)24(14-48)30(32(22)18(11-45)12-46)16-2-4-26(28(36)6-16)34(40,41)42/h1-8H. The van der Waals surface area contributed by atoms with Crippen molar-refractivity contribution in [3.05, 3.63) is 116 Å². The summed E-state index contributed by atoms with van der Waals surface area (Å²) in [7, 11) is 0. The van der Waals surface area contributed by atoms with E-state index >= 15 is 0 Å². The summed E-state index contributed by atoms with van der Waals surface area (Å²) in [6.45, 7) is 0. The molecule has 2 aliphatic carbocycles. The fourth-order valence-corrected chi connectivity index (χ4v) is 5.62. The first-order valence-electron chi connectivity index (χ1n) is 13.0. The number of hydrogen-bond acceptors (Lipinski definition) is 6. The van der Waals surface area contributed by atoms with E-state index in [2.05, 4.69) is 0 Å². The molecule has 48 heavy (non-hydrogen) atoms. The molecule has 0 unspecified atom stereocenters. The van der Waals surface area contributed by atoms with E-state index in [1.807, 2.05) is 12.1 Å². The van der Waals surface area contributed by atoms with Crippen molar-refractivity contribution in [1.29, 1.82) is 31.6 Å². The average Bonchev–Trinajstić information content (AvgIpc) is 3.52. The highest BCUT2D eigenvalue weighted by Gasteiger charge is 2.40. The smallest absolute Gasteiger partial charge is 0.206 e. The van der Waals surface area contributed by atoms with Crippen LogP contribution in [0.25, 0.3) is 33.4 Å². The van der Waals surface area contributed by atoms with Crippen LogP contribution in [-0.4, -0.2) is 0 Å². The first-order chi connectivity index (χ1) is 22.7. The number of nitriles is 6. The molecule has 14 heteroatoms. The van der Waals surface area contributed by atoms with Gasteiger partial charge in [0.25, 0.3) is 0 Å². The lowest BCUT2D eigenvalue weighted by atomic mass is 9.90. The monoisotopic (exact) mass is 652 g/mol. The lowest BCUT2D eigenvalue weighted by Crippen LogP contribution is -2.08. The second kappa shape index (κ2) is 11.4. The molecule has 3 aromatic rings. The predicted octanol–water partition coefficient (Wildman–Crippen LogP) is 8.50. The Labute approximate surface area is 264 Å². The normalized spacial score (nSPS) is 13.5. The van der Waals surface area contributed by atoms with Crippen molar-refractivity contribution in [2.45, 2.75) is 12.4 Å². The molecule has 2 aliphatic rings. The fraction of sp³-hybridized carbons (Fsp3) is 0.0588. The molecule has 0 atom stereocenters. The van der Waals surface area contributed by atoms with Crippen molar-refractivity contribution in [2.75, 3.05) is 0 Å². The van der Waals surface area contributed by atoms with Crippen molar-refractivity contribution < 1.29 is 35.1 Å². The van der Waals surface area contributed by atoms with E-state index in [-0.39, 0.29) is 66.8 Å². The van der Waals surface area contributed by atoms with Crippen molar-refractivity contribution in [2.24, 2.45) is 0 Å². The molecule has 0 spiro atoms. The first-order valence-corrected chi connectivity index (χ1v) is 13.0. The maximum absolute atomic E-state index is 14.7. The van der Waals surface area contributed by atoms with Crippen LogP contribution in [0.1, 0.15) is 44.5 Å². The molecule has 0 aliphatic heterocycles. The topological polar surface area (TPSA) is 143 Å². The lowest BCUT2D eigenvalue weighted by molar-refractivity contribution is -0.140. The van der Waals surface area contributed by atoms with E-state index in [1.165, 1.54) is 12.1 Å². The molecular weight excluding hydrogens is 644 g/mol.